The summed E-state index contributed by atoms with van der Waals surface area (Å²) in [4.78, 5) is 47.4. The minimum atomic E-state index is -3.78. The number of rotatable bonds is 16. The SMILES string of the molecule is CCCCC1(CC)CN(c2ccccc2)c2cc(SC)c(OCC(=O)N[C@@H](C(=O)NCCN(C(N)=O)c3ccccn3)c3ccccc3)cc2S(=O)(=O)C1. The van der Waals surface area contributed by atoms with Crippen LogP contribution in [0.15, 0.2) is 107 Å². The Hall–Kier alpha value is -5.08. The third kappa shape index (κ3) is 9.71. The summed E-state index contributed by atoms with van der Waals surface area (Å²) in [5.74, 6) is -0.505. The number of para-hydroxylation sites is 1. The largest absolute Gasteiger partial charge is 0.483 e. The van der Waals surface area contributed by atoms with Gasteiger partial charge < -0.3 is 26.0 Å². The molecule has 4 aromatic rings. The lowest BCUT2D eigenvalue weighted by Gasteiger charge is -2.36. The van der Waals surface area contributed by atoms with Gasteiger partial charge in [0.15, 0.2) is 16.4 Å². The van der Waals surface area contributed by atoms with Crippen LogP contribution >= 0.6 is 11.8 Å². The maximum atomic E-state index is 14.3. The molecule has 0 saturated heterocycles. The van der Waals surface area contributed by atoms with Crippen LogP contribution in [0.2, 0.25) is 0 Å². The number of hydrogen-bond donors (Lipinski definition) is 3. The predicted octanol–water partition coefficient (Wildman–Crippen LogP) is 6.25. The first-order chi connectivity index (χ1) is 26.0. The predicted molar refractivity (Wildman–Crippen MR) is 213 cm³/mol. The molecule has 1 unspecified atom stereocenters. The second-order valence-corrected chi connectivity index (χ2v) is 16.1. The van der Waals surface area contributed by atoms with Crippen LogP contribution < -0.4 is 30.9 Å². The number of hydrogen-bond acceptors (Lipinski definition) is 9. The van der Waals surface area contributed by atoms with Gasteiger partial charge in [0.1, 0.15) is 17.6 Å². The standard InChI is InChI=1S/C40H48N6O6S2/c1-4-6-20-40(5-2)27-46(30-17-11-8-12-18-30)31-24-33(53-3)32(25-34(31)54(50,51)28-40)52-26-36(47)44-37(29-15-9-7-10-16-29)38(48)43-22-23-45(39(41)49)35-19-13-14-21-42-35/h7-19,21,24-25,37H,4-6,20,22-23,26-28H2,1-3H3,(H2,41,49)(H,43,48)(H,44,47)/t37-,40?/m1/s1. The van der Waals surface area contributed by atoms with Gasteiger partial charge in [0.25, 0.3) is 5.91 Å². The Morgan fingerprint density at radius 1 is 1.02 bits per heavy atom. The summed E-state index contributed by atoms with van der Waals surface area (Å²) in [6.07, 6.45) is 6.76. The summed E-state index contributed by atoms with van der Waals surface area (Å²) in [5, 5.41) is 5.54. The number of carbonyl (C=O) groups is 3. The van der Waals surface area contributed by atoms with E-state index < -0.39 is 45.7 Å². The fourth-order valence-electron chi connectivity index (χ4n) is 6.68. The van der Waals surface area contributed by atoms with E-state index in [9.17, 15) is 22.8 Å². The van der Waals surface area contributed by atoms with Crippen molar-refractivity contribution in [2.75, 3.05) is 48.0 Å². The van der Waals surface area contributed by atoms with Crippen LogP contribution in [0.5, 0.6) is 5.75 Å². The Morgan fingerprint density at radius 2 is 1.72 bits per heavy atom. The van der Waals surface area contributed by atoms with E-state index in [1.165, 1.54) is 22.9 Å². The zero-order valence-electron chi connectivity index (χ0n) is 30.9. The number of thioether (sulfide) groups is 1. The zero-order chi connectivity index (χ0) is 38.7. The van der Waals surface area contributed by atoms with E-state index in [0.717, 1.165) is 24.9 Å². The third-order valence-electron chi connectivity index (χ3n) is 9.63. The molecule has 0 bridgehead atoms. The summed E-state index contributed by atoms with van der Waals surface area (Å²) >= 11 is 1.39. The lowest BCUT2D eigenvalue weighted by Crippen LogP contribution is -2.46. The van der Waals surface area contributed by atoms with Crippen LogP contribution in [0.1, 0.15) is 51.1 Å². The van der Waals surface area contributed by atoms with E-state index in [1.807, 2.05) is 42.7 Å². The average Bonchev–Trinajstić information content (AvgIpc) is 3.28. The van der Waals surface area contributed by atoms with Gasteiger partial charge in [0, 0.05) is 43.0 Å². The Balaban J connectivity index is 1.37. The number of benzene rings is 3. The molecule has 12 nitrogen and oxygen atoms in total. The van der Waals surface area contributed by atoms with E-state index >= 15 is 0 Å². The van der Waals surface area contributed by atoms with Crippen LogP contribution in [-0.2, 0) is 19.4 Å². The third-order valence-corrected chi connectivity index (χ3v) is 12.4. The monoisotopic (exact) mass is 772 g/mol. The molecule has 0 fully saturated rings. The van der Waals surface area contributed by atoms with E-state index in [4.69, 9.17) is 10.5 Å². The van der Waals surface area contributed by atoms with Crippen molar-refractivity contribution in [3.63, 3.8) is 0 Å². The van der Waals surface area contributed by atoms with Gasteiger partial charge in [-0.1, -0.05) is 81.3 Å². The van der Waals surface area contributed by atoms with Crippen LogP contribution in [-0.4, -0.2) is 69.5 Å². The lowest BCUT2D eigenvalue weighted by molar-refractivity contribution is -0.130. The minimum Gasteiger partial charge on any atom is -0.483 e. The van der Waals surface area contributed by atoms with Crippen LogP contribution in [0, 0.1) is 5.41 Å². The van der Waals surface area contributed by atoms with Gasteiger partial charge in [-0.25, -0.2) is 18.2 Å². The Bertz CT molecular complexity index is 2000. The van der Waals surface area contributed by atoms with Crippen molar-refractivity contribution >= 4 is 56.6 Å². The molecular weight excluding hydrogens is 725 g/mol. The fraction of sp³-hybridized carbons (Fsp3) is 0.350. The van der Waals surface area contributed by atoms with Gasteiger partial charge in [-0.05, 0) is 55.0 Å². The molecule has 1 aliphatic heterocycles. The van der Waals surface area contributed by atoms with Gasteiger partial charge in [-0.2, -0.15) is 0 Å². The number of nitrogens with two attached hydrogens (primary N) is 1. The Kier molecular flexibility index (Phi) is 13.6. The average molecular weight is 773 g/mol. The first-order valence-electron chi connectivity index (χ1n) is 18.0. The molecule has 4 N–H and O–H groups in total. The first-order valence-corrected chi connectivity index (χ1v) is 20.9. The molecule has 0 saturated carbocycles. The van der Waals surface area contributed by atoms with Gasteiger partial charge >= 0.3 is 6.03 Å². The van der Waals surface area contributed by atoms with E-state index in [0.29, 0.717) is 34.9 Å². The number of nitrogens with zero attached hydrogens (tertiary/aromatic N) is 3. The van der Waals surface area contributed by atoms with Crippen molar-refractivity contribution in [3.05, 3.63) is 103 Å². The number of carbonyl (C=O) groups excluding carboxylic acids is 3. The number of aromatic nitrogens is 1. The highest BCUT2D eigenvalue weighted by molar-refractivity contribution is 7.98. The number of ether oxygens (including phenoxy) is 1. The molecule has 14 heteroatoms. The summed E-state index contributed by atoms with van der Waals surface area (Å²) in [7, 11) is -3.78. The molecule has 3 aromatic carbocycles. The summed E-state index contributed by atoms with van der Waals surface area (Å²) in [6, 6.07) is 25.2. The maximum Gasteiger partial charge on any atom is 0.320 e. The molecule has 54 heavy (non-hydrogen) atoms. The highest BCUT2D eigenvalue weighted by Crippen LogP contribution is 2.47. The highest BCUT2D eigenvalue weighted by atomic mass is 32.2. The molecule has 2 heterocycles. The molecule has 286 valence electrons. The molecule has 2 atom stereocenters. The second kappa shape index (κ2) is 18.3. The number of anilines is 3. The van der Waals surface area contributed by atoms with Crippen molar-refractivity contribution in [2.24, 2.45) is 11.1 Å². The topological polar surface area (TPSA) is 164 Å². The fourth-order valence-corrected chi connectivity index (χ4v) is 9.40. The maximum absolute atomic E-state index is 14.3. The van der Waals surface area contributed by atoms with Crippen LogP contribution in [0.3, 0.4) is 0 Å². The molecule has 0 radical (unpaired) electrons. The van der Waals surface area contributed by atoms with Gasteiger partial charge in [-0.15, -0.1) is 11.8 Å². The summed E-state index contributed by atoms with van der Waals surface area (Å²) in [5.41, 5.74) is 7.10. The zero-order valence-corrected chi connectivity index (χ0v) is 32.5. The number of amides is 4. The quantitative estimate of drug-likeness (QED) is 0.112. The van der Waals surface area contributed by atoms with Crippen LogP contribution in [0.4, 0.5) is 22.0 Å². The molecule has 4 amide bonds. The number of fused-ring (bicyclic) bond motifs is 1. The molecular formula is C40H48N6O6S2. The van der Waals surface area contributed by atoms with E-state index in [-0.39, 0.29) is 29.5 Å². The Labute approximate surface area is 321 Å². The van der Waals surface area contributed by atoms with Gasteiger partial charge in [0.05, 0.1) is 21.2 Å². The number of sulfone groups is 1. The Morgan fingerprint density at radius 3 is 2.35 bits per heavy atom. The number of urea groups is 1. The lowest BCUT2D eigenvalue weighted by atomic mass is 9.81. The normalized spacial score (nSPS) is 16.7. The molecule has 1 aliphatic rings. The minimum absolute atomic E-state index is 0.00168. The summed E-state index contributed by atoms with van der Waals surface area (Å²) < 4.78 is 34.6. The smallest absolute Gasteiger partial charge is 0.320 e. The number of nitrogens with one attached hydrogen (secondary N) is 2. The number of pyridine rings is 1. The van der Waals surface area contributed by atoms with Gasteiger partial charge in [0.2, 0.25) is 5.91 Å². The van der Waals surface area contributed by atoms with Crippen molar-refractivity contribution in [2.45, 2.75) is 55.4 Å². The van der Waals surface area contributed by atoms with Crippen molar-refractivity contribution in [1.29, 1.82) is 0 Å². The van der Waals surface area contributed by atoms with Crippen molar-refractivity contribution < 1.29 is 27.5 Å². The highest BCUT2D eigenvalue weighted by Gasteiger charge is 2.42. The van der Waals surface area contributed by atoms with Crippen molar-refractivity contribution in [3.8, 4) is 5.75 Å². The van der Waals surface area contributed by atoms with Crippen molar-refractivity contribution in [1.82, 2.24) is 15.6 Å². The first kappa shape index (κ1) is 40.1. The molecule has 1 aromatic heterocycles. The summed E-state index contributed by atoms with van der Waals surface area (Å²) in [6.45, 7) is 4.33. The molecule has 5 rings (SSSR count). The van der Waals surface area contributed by atoms with E-state index in [2.05, 4.69) is 34.4 Å². The van der Waals surface area contributed by atoms with Crippen LogP contribution in [0.25, 0.3) is 0 Å². The number of unbranched alkanes of at least 4 members (excludes halogenated alkanes) is 1. The molecule has 0 aliphatic carbocycles. The second-order valence-electron chi connectivity index (χ2n) is 13.3. The van der Waals surface area contributed by atoms with Gasteiger partial charge in [-0.3, -0.25) is 14.5 Å². The van der Waals surface area contributed by atoms with E-state index in [1.54, 1.807) is 54.6 Å². The number of primary amides is 1. The molecule has 0 spiro atoms.